The van der Waals surface area contributed by atoms with Gasteiger partial charge in [-0.3, -0.25) is 13.9 Å². The molecular weight excluding hydrogens is 605 g/mol. The van der Waals surface area contributed by atoms with Crippen molar-refractivity contribution in [2.45, 2.75) is 57.1 Å². The highest BCUT2D eigenvalue weighted by molar-refractivity contribution is 7.92. The third-order valence-corrected chi connectivity index (χ3v) is 9.07. The molecule has 8 nitrogen and oxygen atoms in total. The number of sulfonamides is 1. The molecule has 0 aliphatic rings. The highest BCUT2D eigenvalue weighted by Gasteiger charge is 2.35. The van der Waals surface area contributed by atoms with Gasteiger partial charge in [-0.05, 0) is 87.4 Å². The lowest BCUT2D eigenvalue weighted by Gasteiger charge is -2.35. The summed E-state index contributed by atoms with van der Waals surface area (Å²) in [5.74, 6) is -0.935. The number of rotatable bonds is 12. The summed E-state index contributed by atoms with van der Waals surface area (Å²) < 4.78 is 48.4. The number of anilines is 1. The number of nitrogens with one attached hydrogen (secondary N) is 1. The maximum atomic E-state index is 14.5. The molecule has 0 bridgehead atoms. The highest BCUT2D eigenvalue weighted by Crippen LogP contribution is 2.27. The molecule has 4 aromatic rings. The first kappa shape index (κ1) is 34.2. The second-order valence-corrected chi connectivity index (χ2v) is 14.0. The molecule has 2 amide bonds. The van der Waals surface area contributed by atoms with Crippen LogP contribution in [0.4, 0.5) is 10.1 Å². The topological polar surface area (TPSA) is 96.0 Å². The van der Waals surface area contributed by atoms with Gasteiger partial charge in [-0.25, -0.2) is 12.8 Å². The van der Waals surface area contributed by atoms with Crippen LogP contribution in [0.25, 0.3) is 0 Å². The van der Waals surface area contributed by atoms with Gasteiger partial charge < -0.3 is 15.0 Å². The summed E-state index contributed by atoms with van der Waals surface area (Å²) in [4.78, 5) is 29.8. The quantitative estimate of drug-likeness (QED) is 0.207. The summed E-state index contributed by atoms with van der Waals surface area (Å²) in [5, 5.41) is 2.99. The number of carbonyl (C=O) groups excluding carboxylic acids is 2. The van der Waals surface area contributed by atoms with Gasteiger partial charge in [-0.2, -0.15) is 0 Å². The first-order valence-corrected chi connectivity index (χ1v) is 16.3. The minimum absolute atomic E-state index is 0.0121. The smallest absolute Gasteiger partial charge is 0.264 e. The second kappa shape index (κ2) is 14.6. The van der Waals surface area contributed by atoms with Gasteiger partial charge in [0, 0.05) is 18.5 Å². The Balaban J connectivity index is 1.81. The van der Waals surface area contributed by atoms with Crippen molar-refractivity contribution in [3.63, 3.8) is 0 Å². The van der Waals surface area contributed by atoms with Gasteiger partial charge in [-0.1, -0.05) is 60.2 Å². The van der Waals surface area contributed by atoms with Gasteiger partial charge in [0.05, 0.1) is 17.7 Å². The molecular formula is C36H40FN3O5S. The summed E-state index contributed by atoms with van der Waals surface area (Å²) in [6, 6.07) is 26.6. The molecule has 0 aromatic heterocycles. The molecule has 0 spiro atoms. The van der Waals surface area contributed by atoms with Gasteiger partial charge >= 0.3 is 0 Å². The fourth-order valence-corrected chi connectivity index (χ4v) is 6.32. The normalized spacial score (nSPS) is 12.2. The van der Waals surface area contributed by atoms with E-state index in [9.17, 15) is 22.4 Å². The first-order valence-electron chi connectivity index (χ1n) is 14.9. The zero-order chi connectivity index (χ0) is 33.5. The van der Waals surface area contributed by atoms with E-state index in [0.717, 1.165) is 15.4 Å². The molecule has 242 valence electrons. The fraction of sp³-hybridized carbons (Fsp3) is 0.278. The molecule has 10 heteroatoms. The molecule has 0 aliphatic carbocycles. The Kier molecular flexibility index (Phi) is 10.8. The van der Waals surface area contributed by atoms with E-state index in [1.165, 1.54) is 36.3 Å². The number of ether oxygens (including phenoxy) is 1. The Hall–Kier alpha value is -4.70. The van der Waals surface area contributed by atoms with Crippen LogP contribution in [-0.2, 0) is 32.6 Å². The third-order valence-electron chi connectivity index (χ3n) is 7.28. The van der Waals surface area contributed by atoms with E-state index in [0.29, 0.717) is 11.3 Å². The van der Waals surface area contributed by atoms with Crippen molar-refractivity contribution in [1.29, 1.82) is 0 Å². The maximum absolute atomic E-state index is 14.5. The number of benzene rings is 4. The third kappa shape index (κ3) is 8.94. The number of methoxy groups -OCH3 is 1. The van der Waals surface area contributed by atoms with E-state index in [1.54, 1.807) is 48.5 Å². The average Bonchev–Trinajstić information content (AvgIpc) is 3.02. The lowest BCUT2D eigenvalue weighted by Crippen LogP contribution is -2.56. The van der Waals surface area contributed by atoms with Gasteiger partial charge in [0.25, 0.3) is 10.0 Å². The second-order valence-electron chi connectivity index (χ2n) is 12.1. The highest BCUT2D eigenvalue weighted by atomic mass is 32.2. The number of carbonyl (C=O) groups is 2. The Labute approximate surface area is 270 Å². The predicted octanol–water partition coefficient (Wildman–Crippen LogP) is 5.89. The largest absolute Gasteiger partial charge is 0.497 e. The molecule has 0 saturated heterocycles. The number of nitrogens with zero attached hydrogens (tertiary/aromatic N) is 2. The van der Waals surface area contributed by atoms with Gasteiger partial charge in [0.15, 0.2) is 0 Å². The van der Waals surface area contributed by atoms with E-state index in [4.69, 9.17) is 4.74 Å². The monoisotopic (exact) mass is 645 g/mol. The Morgan fingerprint density at radius 2 is 1.46 bits per heavy atom. The van der Waals surface area contributed by atoms with Crippen LogP contribution in [0.2, 0.25) is 0 Å². The molecule has 4 aromatic carbocycles. The van der Waals surface area contributed by atoms with Crippen LogP contribution in [0.1, 0.15) is 37.5 Å². The van der Waals surface area contributed by atoms with Crippen LogP contribution in [0.3, 0.4) is 0 Å². The number of aryl methyl sites for hydroxylation is 1. The van der Waals surface area contributed by atoms with E-state index < -0.39 is 45.8 Å². The number of hydrogen-bond acceptors (Lipinski definition) is 5. The molecule has 46 heavy (non-hydrogen) atoms. The van der Waals surface area contributed by atoms with Crippen molar-refractivity contribution < 1.29 is 27.1 Å². The SMILES string of the molecule is COc1ccc(N(CC(=O)N(Cc2ccc(F)cc2)[C@H](Cc2ccccc2)C(=O)NC(C)(C)C)S(=O)(=O)c2ccc(C)cc2)cc1. The van der Waals surface area contributed by atoms with Crippen LogP contribution in [0, 0.1) is 12.7 Å². The van der Waals surface area contributed by atoms with Crippen molar-refractivity contribution in [1.82, 2.24) is 10.2 Å². The zero-order valence-corrected chi connectivity index (χ0v) is 27.6. The Morgan fingerprint density at radius 3 is 2.02 bits per heavy atom. The summed E-state index contributed by atoms with van der Waals surface area (Å²) in [7, 11) is -2.73. The van der Waals surface area contributed by atoms with Crippen molar-refractivity contribution in [3.8, 4) is 5.75 Å². The number of halogens is 1. The van der Waals surface area contributed by atoms with Crippen LogP contribution >= 0.6 is 0 Å². The molecule has 0 aliphatic heterocycles. The van der Waals surface area contributed by atoms with Gasteiger partial charge in [0.2, 0.25) is 11.8 Å². The molecule has 1 atom stereocenters. The van der Waals surface area contributed by atoms with Crippen molar-refractivity contribution in [2.75, 3.05) is 18.0 Å². The van der Waals surface area contributed by atoms with Crippen molar-refractivity contribution in [3.05, 3.63) is 126 Å². The van der Waals surface area contributed by atoms with Crippen molar-refractivity contribution >= 4 is 27.5 Å². The number of amides is 2. The van der Waals surface area contributed by atoms with Crippen LogP contribution in [-0.4, -0.2) is 50.4 Å². The lowest BCUT2D eigenvalue weighted by molar-refractivity contribution is -0.140. The Bertz CT molecular complexity index is 1720. The molecule has 4 rings (SSSR count). The van der Waals surface area contributed by atoms with E-state index in [1.807, 2.05) is 58.0 Å². The zero-order valence-electron chi connectivity index (χ0n) is 26.7. The summed E-state index contributed by atoms with van der Waals surface area (Å²) in [5.41, 5.74) is 1.90. The fourth-order valence-electron chi connectivity index (χ4n) is 4.91. The number of hydrogen-bond donors (Lipinski definition) is 1. The van der Waals surface area contributed by atoms with Gasteiger partial charge in [-0.15, -0.1) is 0 Å². The minimum Gasteiger partial charge on any atom is -0.497 e. The van der Waals surface area contributed by atoms with Gasteiger partial charge in [0.1, 0.15) is 24.2 Å². The molecule has 0 saturated carbocycles. The minimum atomic E-state index is -4.24. The maximum Gasteiger partial charge on any atom is 0.264 e. The lowest BCUT2D eigenvalue weighted by atomic mass is 10.0. The molecule has 0 unspecified atom stereocenters. The predicted molar refractivity (Wildman–Crippen MR) is 177 cm³/mol. The molecule has 1 N–H and O–H groups in total. The van der Waals surface area contributed by atoms with E-state index in [-0.39, 0.29) is 23.5 Å². The van der Waals surface area contributed by atoms with E-state index >= 15 is 0 Å². The van der Waals surface area contributed by atoms with E-state index in [2.05, 4.69) is 5.32 Å². The first-order chi connectivity index (χ1) is 21.8. The van der Waals surface area contributed by atoms with Crippen LogP contribution in [0.15, 0.2) is 108 Å². The van der Waals surface area contributed by atoms with Crippen molar-refractivity contribution in [2.24, 2.45) is 0 Å². The molecule has 0 heterocycles. The van der Waals surface area contributed by atoms with Crippen LogP contribution < -0.4 is 14.4 Å². The summed E-state index contributed by atoms with van der Waals surface area (Å²) in [6.45, 7) is 6.72. The molecule has 0 radical (unpaired) electrons. The summed E-state index contributed by atoms with van der Waals surface area (Å²) in [6.07, 6.45) is 0.170. The summed E-state index contributed by atoms with van der Waals surface area (Å²) >= 11 is 0. The van der Waals surface area contributed by atoms with Crippen LogP contribution in [0.5, 0.6) is 5.75 Å². The Morgan fingerprint density at radius 1 is 0.848 bits per heavy atom. The molecule has 0 fully saturated rings. The average molecular weight is 646 g/mol. The standard InChI is InChI=1S/C36H40FN3O5S/c1-26-11-21-32(22-12-26)46(43,44)40(30-17-19-31(45-5)20-18-30)25-34(41)39(24-28-13-15-29(37)16-14-28)33(35(42)38-36(2,3)4)23-27-9-7-6-8-10-27/h6-22,33H,23-25H2,1-5H3,(H,38,42)/t33-/m1/s1.